The molecule has 1 aromatic rings. The lowest BCUT2D eigenvalue weighted by atomic mass is 10.3. The van der Waals surface area contributed by atoms with Gasteiger partial charge in [0.05, 0.1) is 12.1 Å². The number of nitrogens with one attached hydrogen (secondary N) is 1. The molecule has 0 aromatic heterocycles. The number of aliphatic imine (C=N–C) groups is 1. The highest BCUT2D eigenvalue weighted by molar-refractivity contribution is 6.32. The molecular formula is C13H17ClF3N3O2. The highest BCUT2D eigenvalue weighted by atomic mass is 35.5. The van der Waals surface area contributed by atoms with Crippen LogP contribution in [0.3, 0.4) is 0 Å². The Balaban J connectivity index is 2.32. The molecule has 0 aliphatic rings. The lowest BCUT2D eigenvalue weighted by molar-refractivity contribution is -0.173. The molecule has 0 bridgehead atoms. The Morgan fingerprint density at radius 3 is 2.73 bits per heavy atom. The molecule has 0 amide bonds. The third kappa shape index (κ3) is 7.37. The molecule has 0 aliphatic carbocycles. The second kappa shape index (κ2) is 8.70. The van der Waals surface area contributed by atoms with E-state index in [0.717, 1.165) is 0 Å². The Labute approximate surface area is 131 Å². The fraction of sp³-hybridized carbons (Fsp3) is 0.462. The number of nitrogens with two attached hydrogens (primary N) is 1. The van der Waals surface area contributed by atoms with Gasteiger partial charge in [0, 0.05) is 18.8 Å². The van der Waals surface area contributed by atoms with E-state index in [-0.39, 0.29) is 19.1 Å². The van der Waals surface area contributed by atoms with Gasteiger partial charge in [0.25, 0.3) is 0 Å². The fourth-order valence-corrected chi connectivity index (χ4v) is 1.74. The predicted octanol–water partition coefficient (Wildman–Crippen LogP) is 3.04. The number of ether oxygens (including phenoxy) is 2. The third-order valence-corrected chi connectivity index (χ3v) is 2.71. The average molecular weight is 340 g/mol. The molecule has 9 heteroatoms. The van der Waals surface area contributed by atoms with E-state index in [9.17, 15) is 13.2 Å². The number of hydrogen-bond acceptors (Lipinski definition) is 3. The Hall–Kier alpha value is -1.67. The van der Waals surface area contributed by atoms with Crippen LogP contribution in [-0.2, 0) is 4.74 Å². The maximum absolute atomic E-state index is 11.8. The lowest BCUT2D eigenvalue weighted by Gasteiger charge is -2.09. The Morgan fingerprint density at radius 1 is 1.41 bits per heavy atom. The molecular weight excluding hydrogens is 323 g/mol. The summed E-state index contributed by atoms with van der Waals surface area (Å²) >= 11 is 5.96. The van der Waals surface area contributed by atoms with Crippen LogP contribution < -0.4 is 15.8 Å². The van der Waals surface area contributed by atoms with Crippen LogP contribution in [0.5, 0.6) is 5.75 Å². The first-order chi connectivity index (χ1) is 10.3. The number of methoxy groups -OCH3 is 1. The van der Waals surface area contributed by atoms with Gasteiger partial charge in [0.2, 0.25) is 0 Å². The standard InChI is InChI=1S/C13H17ClF3N3O2/c1-21-11-4-3-9(7-10(11)14)20-12(18)19-5-2-6-22-8-13(15,16)17/h3-4,7H,2,5-6,8H2,1H3,(H3,18,19,20). The van der Waals surface area contributed by atoms with E-state index in [1.165, 1.54) is 7.11 Å². The zero-order valence-electron chi connectivity index (χ0n) is 11.9. The van der Waals surface area contributed by atoms with Gasteiger partial charge in [-0.05, 0) is 24.6 Å². The molecule has 0 unspecified atom stereocenters. The largest absolute Gasteiger partial charge is 0.495 e. The number of alkyl halides is 3. The monoisotopic (exact) mass is 339 g/mol. The van der Waals surface area contributed by atoms with Crippen molar-refractivity contribution in [1.29, 1.82) is 0 Å². The van der Waals surface area contributed by atoms with Crippen molar-refractivity contribution in [3.8, 4) is 5.75 Å². The summed E-state index contributed by atoms with van der Waals surface area (Å²) in [5.41, 5.74) is 6.28. The molecule has 0 saturated carbocycles. The van der Waals surface area contributed by atoms with E-state index in [1.54, 1.807) is 18.2 Å². The fourth-order valence-electron chi connectivity index (χ4n) is 1.49. The summed E-state index contributed by atoms with van der Waals surface area (Å²) in [4.78, 5) is 3.97. The van der Waals surface area contributed by atoms with Gasteiger partial charge >= 0.3 is 6.18 Å². The molecule has 0 saturated heterocycles. The number of anilines is 1. The molecule has 0 fully saturated rings. The lowest BCUT2D eigenvalue weighted by Crippen LogP contribution is -2.23. The summed E-state index contributed by atoms with van der Waals surface area (Å²) in [7, 11) is 1.50. The summed E-state index contributed by atoms with van der Waals surface area (Å²) in [6.07, 6.45) is -3.97. The molecule has 0 radical (unpaired) electrons. The Kier molecular flexibility index (Phi) is 7.26. The van der Waals surface area contributed by atoms with Crippen LogP contribution in [0.4, 0.5) is 18.9 Å². The maximum atomic E-state index is 11.8. The number of benzene rings is 1. The zero-order chi connectivity index (χ0) is 16.6. The van der Waals surface area contributed by atoms with Crippen molar-refractivity contribution in [2.45, 2.75) is 12.6 Å². The molecule has 5 nitrogen and oxygen atoms in total. The van der Waals surface area contributed by atoms with Crippen LogP contribution in [-0.4, -0.2) is 39.0 Å². The average Bonchev–Trinajstić information content (AvgIpc) is 2.41. The Morgan fingerprint density at radius 2 is 2.14 bits per heavy atom. The number of nitrogens with zero attached hydrogens (tertiary/aromatic N) is 1. The molecule has 1 aromatic carbocycles. The van der Waals surface area contributed by atoms with Crippen LogP contribution in [0.2, 0.25) is 5.02 Å². The molecule has 0 aliphatic heterocycles. The summed E-state index contributed by atoms with van der Waals surface area (Å²) < 4.78 is 44.9. The number of halogens is 4. The van der Waals surface area contributed by atoms with Crippen molar-refractivity contribution >= 4 is 23.2 Å². The SMILES string of the molecule is COc1ccc(NC(N)=NCCCOCC(F)(F)F)cc1Cl. The van der Waals surface area contributed by atoms with Gasteiger partial charge in [-0.3, -0.25) is 4.99 Å². The smallest absolute Gasteiger partial charge is 0.411 e. The van der Waals surface area contributed by atoms with Crippen LogP contribution in [0.15, 0.2) is 23.2 Å². The third-order valence-electron chi connectivity index (χ3n) is 2.42. The number of hydrogen-bond donors (Lipinski definition) is 2. The highest BCUT2D eigenvalue weighted by Gasteiger charge is 2.27. The molecule has 1 rings (SSSR count). The molecule has 22 heavy (non-hydrogen) atoms. The first-order valence-corrected chi connectivity index (χ1v) is 6.74. The van der Waals surface area contributed by atoms with E-state index in [4.69, 9.17) is 22.1 Å². The van der Waals surface area contributed by atoms with E-state index >= 15 is 0 Å². The van der Waals surface area contributed by atoms with Crippen molar-refractivity contribution < 1.29 is 22.6 Å². The van der Waals surface area contributed by atoms with Gasteiger partial charge in [-0.15, -0.1) is 0 Å². The topological polar surface area (TPSA) is 68.9 Å². The van der Waals surface area contributed by atoms with E-state index in [2.05, 4.69) is 15.0 Å². The zero-order valence-corrected chi connectivity index (χ0v) is 12.7. The van der Waals surface area contributed by atoms with Crippen molar-refractivity contribution in [3.05, 3.63) is 23.2 Å². The van der Waals surface area contributed by atoms with Crippen molar-refractivity contribution in [3.63, 3.8) is 0 Å². The van der Waals surface area contributed by atoms with Crippen LogP contribution in [0.25, 0.3) is 0 Å². The minimum absolute atomic E-state index is 0.0370. The quantitative estimate of drug-likeness (QED) is 0.455. The first kappa shape index (κ1) is 18.4. The van der Waals surface area contributed by atoms with Crippen molar-refractivity contribution in [2.24, 2.45) is 10.7 Å². The van der Waals surface area contributed by atoms with Crippen LogP contribution in [0.1, 0.15) is 6.42 Å². The molecule has 3 N–H and O–H groups in total. The number of rotatable bonds is 7. The molecule has 0 heterocycles. The van der Waals surface area contributed by atoms with Crippen molar-refractivity contribution in [2.75, 3.05) is 32.2 Å². The van der Waals surface area contributed by atoms with E-state index < -0.39 is 12.8 Å². The minimum Gasteiger partial charge on any atom is -0.495 e. The molecule has 0 spiro atoms. The summed E-state index contributed by atoms with van der Waals surface area (Å²) in [5, 5.41) is 3.23. The van der Waals surface area contributed by atoms with Gasteiger partial charge < -0.3 is 20.5 Å². The maximum Gasteiger partial charge on any atom is 0.411 e. The normalized spacial score (nSPS) is 12.3. The minimum atomic E-state index is -4.31. The van der Waals surface area contributed by atoms with Crippen LogP contribution in [0, 0.1) is 0 Å². The summed E-state index contributed by atoms with van der Waals surface area (Å²) in [6, 6.07) is 5.00. The van der Waals surface area contributed by atoms with Crippen LogP contribution >= 0.6 is 11.6 Å². The van der Waals surface area contributed by atoms with Gasteiger partial charge in [-0.2, -0.15) is 13.2 Å². The summed E-state index contributed by atoms with van der Waals surface area (Å²) in [6.45, 7) is -1.04. The second-order valence-corrected chi connectivity index (χ2v) is 4.67. The van der Waals surface area contributed by atoms with Crippen molar-refractivity contribution in [1.82, 2.24) is 0 Å². The highest BCUT2D eigenvalue weighted by Crippen LogP contribution is 2.26. The predicted molar refractivity (Wildman–Crippen MR) is 79.6 cm³/mol. The van der Waals surface area contributed by atoms with Gasteiger partial charge in [-0.25, -0.2) is 0 Å². The van der Waals surface area contributed by atoms with Gasteiger partial charge in [0.1, 0.15) is 12.4 Å². The second-order valence-electron chi connectivity index (χ2n) is 4.26. The Bertz CT molecular complexity index is 510. The molecule has 0 atom stereocenters. The van der Waals surface area contributed by atoms with E-state index in [1.807, 2.05) is 0 Å². The summed E-state index contributed by atoms with van der Waals surface area (Å²) in [5.74, 6) is 0.668. The molecule has 124 valence electrons. The van der Waals surface area contributed by atoms with Gasteiger partial charge in [0.15, 0.2) is 5.96 Å². The first-order valence-electron chi connectivity index (χ1n) is 6.37. The number of guanidine groups is 1. The van der Waals surface area contributed by atoms with E-state index in [0.29, 0.717) is 22.9 Å². The van der Waals surface area contributed by atoms with Gasteiger partial charge in [-0.1, -0.05) is 11.6 Å².